The van der Waals surface area contributed by atoms with Crippen molar-refractivity contribution in [3.05, 3.63) is 15.3 Å². The summed E-state index contributed by atoms with van der Waals surface area (Å²) in [4.78, 5) is 2.93. The molecule has 0 aromatic carbocycles. The van der Waals surface area contributed by atoms with Crippen LogP contribution in [-0.2, 0) is 0 Å². The van der Waals surface area contributed by atoms with Gasteiger partial charge in [0.2, 0.25) is 4.88 Å². The summed E-state index contributed by atoms with van der Waals surface area (Å²) in [5.41, 5.74) is 1.47. The van der Waals surface area contributed by atoms with Gasteiger partial charge in [0.15, 0.2) is 10.3 Å². The van der Waals surface area contributed by atoms with Crippen molar-refractivity contribution in [3.8, 4) is 0 Å². The molecule has 76 valence electrons. The summed E-state index contributed by atoms with van der Waals surface area (Å²) in [6.45, 7) is 6.52. The standard InChI is InChI=1S/C6H9S2.ClHO4/c1-4-5(2)7-8-6(4)3;2-1(3,4)5/h1-3H3;(H,2,3,4,5)/q+1;/p-1. The van der Waals surface area contributed by atoms with Crippen molar-refractivity contribution in [2.75, 3.05) is 0 Å². The maximum absolute atomic E-state index is 8.49. The second-order valence-electron chi connectivity index (χ2n) is 2.28. The van der Waals surface area contributed by atoms with Crippen LogP contribution in [-0.4, -0.2) is 0 Å². The van der Waals surface area contributed by atoms with Gasteiger partial charge < -0.3 is 0 Å². The van der Waals surface area contributed by atoms with Crippen LogP contribution in [0.2, 0.25) is 0 Å². The Balaban J connectivity index is 0.000000252. The molecule has 0 saturated heterocycles. The average Bonchev–Trinajstić information content (AvgIpc) is 2.16. The Bertz CT molecular complexity index is 243. The third kappa shape index (κ3) is 7.27. The number of rotatable bonds is 0. The van der Waals surface area contributed by atoms with Crippen LogP contribution in [0.15, 0.2) is 0 Å². The van der Waals surface area contributed by atoms with Crippen molar-refractivity contribution in [3.63, 3.8) is 0 Å². The van der Waals surface area contributed by atoms with E-state index in [4.69, 9.17) is 18.6 Å². The Hall–Kier alpha value is 0.180. The summed E-state index contributed by atoms with van der Waals surface area (Å²) in [6.07, 6.45) is 0. The molecule has 0 atom stereocenters. The fourth-order valence-electron chi connectivity index (χ4n) is 0.498. The van der Waals surface area contributed by atoms with Gasteiger partial charge >= 0.3 is 0 Å². The smallest absolute Gasteiger partial charge is 0.222 e. The van der Waals surface area contributed by atoms with E-state index < -0.39 is 10.2 Å². The van der Waals surface area contributed by atoms with Gasteiger partial charge in [0.05, 0.1) is 4.88 Å². The zero-order valence-corrected chi connectivity index (χ0v) is 9.72. The molecule has 0 aliphatic rings. The highest BCUT2D eigenvalue weighted by atomic mass is 35.7. The third-order valence-electron chi connectivity index (χ3n) is 1.35. The molecule has 7 heteroatoms. The first kappa shape index (κ1) is 13.2. The Labute approximate surface area is 85.8 Å². The molecule has 4 nitrogen and oxygen atoms in total. The zero-order chi connectivity index (χ0) is 10.6. The lowest BCUT2D eigenvalue weighted by molar-refractivity contribution is -2.00. The Morgan fingerprint density at radius 1 is 1.08 bits per heavy atom. The SMILES string of the molecule is Cc1s[s+]c(C)c1C.[O-][Cl+3]([O-])([O-])[O-]. The first-order valence-electron chi connectivity index (χ1n) is 3.19. The molecular formula is C6H9ClO4S2. The minimum atomic E-state index is -4.94. The highest BCUT2D eigenvalue weighted by molar-refractivity contribution is 7.69. The van der Waals surface area contributed by atoms with Gasteiger partial charge in [0.1, 0.15) is 0 Å². The van der Waals surface area contributed by atoms with Crippen LogP contribution in [0.25, 0.3) is 0 Å². The molecule has 0 N–H and O–H groups in total. The lowest BCUT2D eigenvalue weighted by atomic mass is 10.3. The van der Waals surface area contributed by atoms with Gasteiger partial charge in [-0.2, -0.15) is 0 Å². The topological polar surface area (TPSA) is 92.2 Å². The highest BCUT2D eigenvalue weighted by Gasteiger charge is 2.10. The van der Waals surface area contributed by atoms with Crippen LogP contribution in [0.3, 0.4) is 0 Å². The van der Waals surface area contributed by atoms with E-state index in [1.165, 1.54) is 15.3 Å². The molecule has 0 saturated carbocycles. The van der Waals surface area contributed by atoms with Crippen molar-refractivity contribution in [2.45, 2.75) is 20.8 Å². The van der Waals surface area contributed by atoms with E-state index >= 15 is 0 Å². The van der Waals surface area contributed by atoms with E-state index in [1.807, 2.05) is 20.7 Å². The number of aryl methyl sites for hydroxylation is 2. The van der Waals surface area contributed by atoms with Crippen molar-refractivity contribution in [1.29, 1.82) is 0 Å². The fourth-order valence-corrected chi connectivity index (χ4v) is 2.87. The Morgan fingerprint density at radius 2 is 1.46 bits per heavy atom. The normalized spacial score (nSPS) is 10.7. The average molecular weight is 245 g/mol. The quantitative estimate of drug-likeness (QED) is 0.400. The molecule has 0 amide bonds. The van der Waals surface area contributed by atoms with Crippen LogP contribution in [0.5, 0.6) is 0 Å². The van der Waals surface area contributed by atoms with Gasteiger partial charge in [-0.25, -0.2) is 18.6 Å². The van der Waals surface area contributed by atoms with Crippen molar-refractivity contribution >= 4 is 20.7 Å². The summed E-state index contributed by atoms with van der Waals surface area (Å²) in [5.74, 6) is 0. The van der Waals surface area contributed by atoms with Crippen LogP contribution < -0.4 is 18.6 Å². The summed E-state index contributed by atoms with van der Waals surface area (Å²) in [5, 5.41) is 0. The van der Waals surface area contributed by atoms with Crippen LogP contribution in [0.4, 0.5) is 0 Å². The summed E-state index contributed by atoms with van der Waals surface area (Å²) in [7, 11) is -1.20. The molecule has 0 fully saturated rings. The van der Waals surface area contributed by atoms with Gasteiger partial charge in [-0.1, -0.05) is 0 Å². The van der Waals surface area contributed by atoms with E-state index in [2.05, 4.69) is 20.8 Å². The first-order valence-corrected chi connectivity index (χ1v) is 6.58. The molecule has 0 bridgehead atoms. The maximum Gasteiger partial charge on any atom is 0.295 e. The number of halogens is 1. The Morgan fingerprint density at radius 3 is 1.54 bits per heavy atom. The van der Waals surface area contributed by atoms with Crippen LogP contribution >= 0.6 is 20.7 Å². The van der Waals surface area contributed by atoms with Gasteiger partial charge in [0.25, 0.3) is 10.3 Å². The van der Waals surface area contributed by atoms with E-state index in [-0.39, 0.29) is 0 Å². The molecule has 13 heavy (non-hydrogen) atoms. The van der Waals surface area contributed by atoms with E-state index in [0.717, 1.165) is 0 Å². The molecule has 0 spiro atoms. The molecule has 1 aromatic heterocycles. The first-order chi connectivity index (χ1) is 5.72. The monoisotopic (exact) mass is 244 g/mol. The second-order valence-corrected chi connectivity index (χ2v) is 5.60. The summed E-state index contributed by atoms with van der Waals surface area (Å²) in [6, 6.07) is 0. The zero-order valence-electron chi connectivity index (χ0n) is 7.33. The summed E-state index contributed by atoms with van der Waals surface area (Å²) < 4.78 is 34.0. The van der Waals surface area contributed by atoms with Gasteiger partial charge in [-0.05, 0) is 13.8 Å². The number of hydrogen-bond acceptors (Lipinski definition) is 5. The molecule has 0 aliphatic heterocycles. The molecule has 1 heterocycles. The largest absolute Gasteiger partial charge is 0.295 e. The Kier molecular flexibility index (Phi) is 5.23. The minimum Gasteiger partial charge on any atom is -0.222 e. The molecule has 1 aromatic rings. The fraction of sp³-hybridized carbons (Fsp3) is 0.500. The number of hydrogen-bond donors (Lipinski definition) is 0. The van der Waals surface area contributed by atoms with Gasteiger partial charge in [0, 0.05) is 12.5 Å². The lowest BCUT2D eigenvalue weighted by Gasteiger charge is -2.17. The molecule has 0 unspecified atom stereocenters. The second kappa shape index (κ2) is 5.16. The van der Waals surface area contributed by atoms with Crippen LogP contribution in [0.1, 0.15) is 15.3 Å². The van der Waals surface area contributed by atoms with Crippen LogP contribution in [0, 0.1) is 31.0 Å². The van der Waals surface area contributed by atoms with E-state index in [0.29, 0.717) is 0 Å². The van der Waals surface area contributed by atoms with Crippen molar-refractivity contribution < 1.29 is 28.9 Å². The summed E-state index contributed by atoms with van der Waals surface area (Å²) >= 11 is 0. The highest BCUT2D eigenvalue weighted by Crippen LogP contribution is 2.25. The molecule has 1 rings (SSSR count). The van der Waals surface area contributed by atoms with E-state index in [1.54, 1.807) is 0 Å². The minimum absolute atomic E-state index is 1.47. The predicted octanol–water partition coefficient (Wildman–Crippen LogP) is -1.74. The van der Waals surface area contributed by atoms with E-state index in [9.17, 15) is 0 Å². The van der Waals surface area contributed by atoms with Crippen molar-refractivity contribution in [1.82, 2.24) is 0 Å². The maximum atomic E-state index is 8.49. The predicted molar refractivity (Wildman–Crippen MR) is 40.8 cm³/mol. The van der Waals surface area contributed by atoms with Gasteiger partial charge in [-0.15, -0.1) is 10.2 Å². The molecule has 0 aliphatic carbocycles. The molecule has 0 radical (unpaired) electrons. The lowest BCUT2D eigenvalue weighted by Crippen LogP contribution is -2.68. The van der Waals surface area contributed by atoms with Crippen molar-refractivity contribution in [2.24, 2.45) is 0 Å². The third-order valence-corrected chi connectivity index (χ3v) is 4.29. The molecular weight excluding hydrogens is 236 g/mol. The van der Waals surface area contributed by atoms with Gasteiger partial charge in [-0.3, -0.25) is 0 Å².